The van der Waals surface area contributed by atoms with Crippen LogP contribution < -0.4 is 5.32 Å². The van der Waals surface area contributed by atoms with Gasteiger partial charge in [-0.15, -0.1) is 0 Å². The highest BCUT2D eigenvalue weighted by molar-refractivity contribution is 6.33. The number of halogens is 2. The molecule has 0 radical (unpaired) electrons. The zero-order valence-electron chi connectivity index (χ0n) is 10.3. The molecule has 4 heteroatoms. The first-order valence-electron chi connectivity index (χ1n) is 6.49. The summed E-state index contributed by atoms with van der Waals surface area (Å²) in [4.78, 5) is 0. The third-order valence-electron chi connectivity index (χ3n) is 3.60. The summed E-state index contributed by atoms with van der Waals surface area (Å²) in [6, 6.07) is 5.49. The van der Waals surface area contributed by atoms with Crippen LogP contribution in [0, 0.1) is 5.92 Å². The lowest BCUT2D eigenvalue weighted by atomic mass is 9.86. The Balaban J connectivity index is 1.82. The molecule has 0 aromatic heterocycles. The quantitative estimate of drug-likeness (QED) is 0.886. The number of rotatable bonds is 4. The maximum Gasteiger partial charge on any atom is 0.0580 e. The molecule has 1 aromatic carbocycles. The maximum absolute atomic E-state index is 9.88. The Morgan fingerprint density at radius 1 is 1.22 bits per heavy atom. The number of aliphatic hydroxyl groups excluding tert-OH is 1. The van der Waals surface area contributed by atoms with Crippen molar-refractivity contribution < 1.29 is 5.11 Å². The molecule has 1 aliphatic carbocycles. The molecule has 0 amide bonds. The lowest BCUT2D eigenvalue weighted by Crippen LogP contribution is -2.33. The molecule has 1 fully saturated rings. The zero-order valence-corrected chi connectivity index (χ0v) is 11.8. The summed E-state index contributed by atoms with van der Waals surface area (Å²) in [6.07, 6.45) is 4.27. The minimum Gasteiger partial charge on any atom is -0.393 e. The number of hydrogen-bond donors (Lipinski definition) is 2. The van der Waals surface area contributed by atoms with Crippen LogP contribution in [0.15, 0.2) is 18.2 Å². The van der Waals surface area contributed by atoms with Crippen LogP contribution >= 0.6 is 23.2 Å². The van der Waals surface area contributed by atoms with E-state index in [1.54, 1.807) is 6.07 Å². The van der Waals surface area contributed by atoms with E-state index >= 15 is 0 Å². The average Bonchev–Trinajstić information content (AvgIpc) is 2.36. The van der Waals surface area contributed by atoms with E-state index in [0.29, 0.717) is 17.5 Å². The fourth-order valence-electron chi connectivity index (χ4n) is 2.50. The van der Waals surface area contributed by atoms with Crippen molar-refractivity contribution >= 4 is 23.2 Å². The second-order valence-corrected chi connectivity index (χ2v) is 5.82. The fourth-order valence-corrected chi connectivity index (χ4v) is 2.88. The van der Waals surface area contributed by atoms with Crippen LogP contribution in [-0.2, 0) is 6.54 Å². The van der Waals surface area contributed by atoms with E-state index in [0.717, 1.165) is 36.4 Å². The van der Waals surface area contributed by atoms with Crippen LogP contribution in [0.2, 0.25) is 10.0 Å². The first-order valence-corrected chi connectivity index (χ1v) is 7.25. The van der Waals surface area contributed by atoms with E-state index in [1.807, 2.05) is 12.1 Å². The van der Waals surface area contributed by atoms with Crippen molar-refractivity contribution in [1.29, 1.82) is 0 Å². The van der Waals surface area contributed by atoms with Gasteiger partial charge in [0.15, 0.2) is 0 Å². The molecular formula is C14H19Cl2NO. The predicted octanol–water partition coefficient (Wildman–Crippen LogP) is 3.63. The molecular weight excluding hydrogens is 269 g/mol. The van der Waals surface area contributed by atoms with Gasteiger partial charge in [-0.25, -0.2) is 0 Å². The molecule has 1 saturated carbocycles. The Labute approximate surface area is 118 Å². The lowest BCUT2D eigenvalue weighted by Gasteiger charge is -2.27. The topological polar surface area (TPSA) is 32.3 Å². The molecule has 2 nitrogen and oxygen atoms in total. The summed E-state index contributed by atoms with van der Waals surface area (Å²) >= 11 is 12.0. The Hall–Kier alpha value is -0.280. The van der Waals surface area contributed by atoms with Crippen molar-refractivity contribution in [2.75, 3.05) is 6.54 Å². The van der Waals surface area contributed by atoms with Gasteiger partial charge in [0.05, 0.1) is 6.10 Å². The SMILES string of the molecule is OC1CCCCC1CNCc1cc(Cl)ccc1Cl. The summed E-state index contributed by atoms with van der Waals surface area (Å²) < 4.78 is 0. The molecule has 1 aliphatic rings. The van der Waals surface area contributed by atoms with E-state index in [1.165, 1.54) is 6.42 Å². The smallest absolute Gasteiger partial charge is 0.0580 e. The van der Waals surface area contributed by atoms with Crippen molar-refractivity contribution in [3.8, 4) is 0 Å². The molecule has 2 atom stereocenters. The standard InChI is InChI=1S/C14H19Cl2NO/c15-12-5-6-13(16)11(7-12)9-17-8-10-3-1-2-4-14(10)18/h5-7,10,14,17-18H,1-4,8-9H2. The van der Waals surface area contributed by atoms with E-state index in [2.05, 4.69) is 5.32 Å². The highest BCUT2D eigenvalue weighted by Gasteiger charge is 2.22. The predicted molar refractivity (Wildman–Crippen MR) is 76.1 cm³/mol. The van der Waals surface area contributed by atoms with E-state index in [4.69, 9.17) is 23.2 Å². The first kappa shape index (κ1) is 14.1. The van der Waals surface area contributed by atoms with Crippen molar-refractivity contribution in [2.45, 2.75) is 38.3 Å². The number of benzene rings is 1. The second kappa shape index (κ2) is 6.76. The van der Waals surface area contributed by atoms with Crippen molar-refractivity contribution in [2.24, 2.45) is 5.92 Å². The Kier molecular flexibility index (Phi) is 5.31. The van der Waals surface area contributed by atoms with Gasteiger partial charge in [-0.2, -0.15) is 0 Å². The molecule has 18 heavy (non-hydrogen) atoms. The van der Waals surface area contributed by atoms with Crippen molar-refractivity contribution in [3.05, 3.63) is 33.8 Å². The van der Waals surface area contributed by atoms with Gasteiger partial charge in [0.2, 0.25) is 0 Å². The third-order valence-corrected chi connectivity index (χ3v) is 4.20. The molecule has 2 unspecified atom stereocenters. The van der Waals surface area contributed by atoms with Gasteiger partial charge < -0.3 is 10.4 Å². The highest BCUT2D eigenvalue weighted by atomic mass is 35.5. The van der Waals surface area contributed by atoms with Gasteiger partial charge in [0, 0.05) is 23.1 Å². The summed E-state index contributed by atoms with van der Waals surface area (Å²) in [6.45, 7) is 1.53. The van der Waals surface area contributed by atoms with Crippen LogP contribution in [0.4, 0.5) is 0 Å². The molecule has 2 rings (SSSR count). The summed E-state index contributed by atoms with van der Waals surface area (Å²) in [7, 11) is 0. The van der Waals surface area contributed by atoms with E-state index in [9.17, 15) is 5.11 Å². The van der Waals surface area contributed by atoms with Gasteiger partial charge in [-0.1, -0.05) is 36.0 Å². The summed E-state index contributed by atoms with van der Waals surface area (Å²) in [5, 5.41) is 14.7. The molecule has 0 bridgehead atoms. The van der Waals surface area contributed by atoms with Crippen LogP contribution in [0.25, 0.3) is 0 Å². The molecule has 100 valence electrons. The molecule has 0 aliphatic heterocycles. The number of hydrogen-bond acceptors (Lipinski definition) is 2. The minimum atomic E-state index is -0.152. The number of nitrogens with one attached hydrogen (secondary N) is 1. The molecule has 2 N–H and O–H groups in total. The van der Waals surface area contributed by atoms with Gasteiger partial charge in [-0.3, -0.25) is 0 Å². The van der Waals surface area contributed by atoms with Gasteiger partial charge in [-0.05, 0) is 42.5 Å². The van der Waals surface area contributed by atoms with Crippen molar-refractivity contribution in [3.63, 3.8) is 0 Å². The second-order valence-electron chi connectivity index (χ2n) is 4.98. The molecule has 0 spiro atoms. The molecule has 1 aromatic rings. The summed E-state index contributed by atoms with van der Waals surface area (Å²) in [5.74, 6) is 0.372. The monoisotopic (exact) mass is 287 g/mol. The van der Waals surface area contributed by atoms with E-state index in [-0.39, 0.29) is 6.10 Å². The van der Waals surface area contributed by atoms with E-state index < -0.39 is 0 Å². The van der Waals surface area contributed by atoms with Gasteiger partial charge in [0.1, 0.15) is 0 Å². The first-order chi connectivity index (χ1) is 8.66. The molecule has 0 heterocycles. The normalized spacial score (nSPS) is 24.2. The number of aliphatic hydroxyl groups is 1. The lowest BCUT2D eigenvalue weighted by molar-refractivity contribution is 0.0695. The Bertz CT molecular complexity index is 397. The van der Waals surface area contributed by atoms with Gasteiger partial charge >= 0.3 is 0 Å². The van der Waals surface area contributed by atoms with Gasteiger partial charge in [0.25, 0.3) is 0 Å². The van der Waals surface area contributed by atoms with Crippen LogP contribution in [0.3, 0.4) is 0 Å². The third kappa shape index (κ3) is 3.86. The van der Waals surface area contributed by atoms with Crippen molar-refractivity contribution in [1.82, 2.24) is 5.32 Å². The van der Waals surface area contributed by atoms with Crippen LogP contribution in [-0.4, -0.2) is 17.8 Å². The zero-order chi connectivity index (χ0) is 13.0. The Morgan fingerprint density at radius 3 is 2.78 bits per heavy atom. The van der Waals surface area contributed by atoms with Crippen LogP contribution in [0.5, 0.6) is 0 Å². The molecule has 0 saturated heterocycles. The summed E-state index contributed by atoms with van der Waals surface area (Å²) in [5.41, 5.74) is 1.01. The Morgan fingerprint density at radius 2 is 2.00 bits per heavy atom. The largest absolute Gasteiger partial charge is 0.393 e. The fraction of sp³-hybridized carbons (Fsp3) is 0.571. The highest BCUT2D eigenvalue weighted by Crippen LogP contribution is 2.24. The maximum atomic E-state index is 9.88. The van der Waals surface area contributed by atoms with Crippen LogP contribution in [0.1, 0.15) is 31.2 Å². The average molecular weight is 288 g/mol. The minimum absolute atomic E-state index is 0.152.